The van der Waals surface area contributed by atoms with E-state index in [2.05, 4.69) is 56.6 Å². The second-order valence-electron chi connectivity index (χ2n) is 34.7. The summed E-state index contributed by atoms with van der Waals surface area (Å²) in [6.45, 7) is 7.29. The molecule has 20 unspecified atom stereocenters. The van der Waals surface area contributed by atoms with Crippen molar-refractivity contribution in [1.82, 2.24) is 25.8 Å². The van der Waals surface area contributed by atoms with Crippen molar-refractivity contribution >= 4 is 61.9 Å². The van der Waals surface area contributed by atoms with E-state index >= 15 is 0 Å². The molecule has 3 saturated carbocycles. The van der Waals surface area contributed by atoms with Crippen LogP contribution < -0.4 is 16.0 Å². The van der Waals surface area contributed by atoms with Crippen LogP contribution in [0.25, 0.3) is 0 Å². The molecule has 662 valence electrons. The molecule has 0 aromatic heterocycles. The number of ether oxygens (including phenoxy) is 5. The van der Waals surface area contributed by atoms with E-state index in [0.717, 1.165) is 55.3 Å². The number of likely N-dealkylation sites (tertiary alicyclic amines) is 2. The van der Waals surface area contributed by atoms with Gasteiger partial charge in [0.2, 0.25) is 23.6 Å². The minimum absolute atomic E-state index is 0.000504. The Morgan fingerprint density at radius 3 is 1.81 bits per heavy atom. The monoisotopic (exact) mass is 1700 g/mol. The van der Waals surface area contributed by atoms with E-state index in [4.69, 9.17) is 53.6 Å². The molecule has 4 heterocycles. The number of nitrogens with zero attached hydrogens (tertiary/aromatic N) is 2. The van der Waals surface area contributed by atoms with Crippen molar-refractivity contribution in [2.45, 2.75) is 338 Å². The Morgan fingerprint density at radius 1 is 0.609 bits per heavy atom. The van der Waals surface area contributed by atoms with E-state index in [9.17, 15) is 89.1 Å². The van der Waals surface area contributed by atoms with Gasteiger partial charge in [-0.15, -0.1) is 0 Å². The lowest BCUT2D eigenvalue weighted by Crippen LogP contribution is -2.59. The lowest BCUT2D eigenvalue weighted by atomic mass is 9.47. The number of Topliss-reactive ketones (excluding diaryl/α,β-unsaturated/α-hetero) is 1. The highest BCUT2D eigenvalue weighted by molar-refractivity contribution is 8.07. The number of carbonyl (C=O) groups excluding carboxylic acids is 6. The summed E-state index contributed by atoms with van der Waals surface area (Å²) in [4.78, 5) is 105. The summed E-state index contributed by atoms with van der Waals surface area (Å²) < 4.78 is 63.1. The smallest absolute Gasteiger partial charge is 0.446 e. The summed E-state index contributed by atoms with van der Waals surface area (Å²) in [5.74, 6) is 3.04. The maximum absolute atomic E-state index is 13.9. The van der Waals surface area contributed by atoms with Crippen molar-refractivity contribution in [3.63, 3.8) is 0 Å². The van der Waals surface area contributed by atoms with Crippen LogP contribution in [0.15, 0.2) is 11.6 Å². The molecule has 8 rings (SSSR count). The third kappa shape index (κ3) is 28.4. The average molecular weight is 1700 g/mol. The van der Waals surface area contributed by atoms with Gasteiger partial charge in [-0.1, -0.05) is 84.8 Å². The van der Waals surface area contributed by atoms with Crippen LogP contribution in [0, 0.1) is 46.3 Å². The molecular weight excluding hydrogens is 1560 g/mol. The molecule has 4 aliphatic carbocycles. The largest absolute Gasteiger partial charge is 0.472 e. The van der Waals surface area contributed by atoms with Gasteiger partial charge in [0.25, 0.3) is 0 Å². The predicted octanol–water partition coefficient (Wildman–Crippen LogP) is 6.28. The zero-order valence-corrected chi connectivity index (χ0v) is 71.2. The zero-order chi connectivity index (χ0) is 83.8. The second kappa shape index (κ2) is 46.8. The van der Waals surface area contributed by atoms with Crippen LogP contribution in [-0.2, 0) is 82.1 Å². The Bertz CT molecular complexity index is 3190. The molecule has 32 nitrogen and oxygen atoms in total. The van der Waals surface area contributed by atoms with Crippen LogP contribution in [0.5, 0.6) is 0 Å². The number of phosphoric acid groups is 1. The lowest BCUT2D eigenvalue weighted by molar-refractivity contribution is -0.301. The number of hydrogen-bond acceptors (Lipinski definition) is 26. The first-order valence-electron chi connectivity index (χ1n) is 42.7. The highest BCUT2D eigenvalue weighted by atomic mass is 32.5. The number of hydrogen-bond donors (Lipinski definition) is 14. The Labute approximate surface area is 684 Å². The number of ketones is 1. The summed E-state index contributed by atoms with van der Waals surface area (Å²) in [6, 6.07) is -2.35. The molecule has 7 fully saturated rings. The van der Waals surface area contributed by atoms with Crippen LogP contribution in [-0.4, -0.2) is 272 Å². The number of allylic oxidation sites excluding steroid dienone is 1. The maximum atomic E-state index is 13.9. The normalized spacial score (nSPS) is 33.6. The van der Waals surface area contributed by atoms with Crippen LogP contribution >= 0.6 is 14.5 Å². The standard InChI is InChI=1S/C80H139N5O27P2S/c1-50(2)21-20-22-51(3)59-31-32-60-58-30-29-52-41-56(33-35-79(52,4)61(58)34-36-80(59,60)5)109-78(100)82-38-16-9-12-28-69(93)85-45-57(43-54(85)49-108-114(103,115)104-6)112-113(101,102)107-48-53-42-55(88)44-84(53)68(92)27-11-8-7-10-24-63(89)62(83-67(91)26-15-19-40-106-77-75(99)73(97)71(95)65(47-87)111-77)23-13-17-37-81-66(90)25-14-18-39-105-76-74(98)72(96)70(94)64(46-86)110-76/h29,50-51,53-62,64-65,70-77,86-88,94-99H,7-28,30-49H2,1-6H3,(H,81,90)(H,82,100)(H,83,91)(H,101,102)(H,103,115)/t51?,53?,54?,55-,56?,57-,58?,59?,60?,61?,62+,64?,65?,70?,71?,72?,73?,74?,75?,76?,77?,79+,80-,114?/m1/s1. The Morgan fingerprint density at radius 2 is 1.18 bits per heavy atom. The van der Waals surface area contributed by atoms with Gasteiger partial charge in [0, 0.05) is 85.0 Å². The van der Waals surface area contributed by atoms with Gasteiger partial charge in [-0.05, 0) is 187 Å². The van der Waals surface area contributed by atoms with E-state index in [1.807, 2.05) is 0 Å². The minimum Gasteiger partial charge on any atom is -0.446 e. The number of amides is 5. The Hall–Kier alpha value is -3.32. The van der Waals surface area contributed by atoms with E-state index in [1.54, 1.807) is 0 Å². The van der Waals surface area contributed by atoms with E-state index in [1.165, 1.54) is 67.4 Å². The summed E-state index contributed by atoms with van der Waals surface area (Å²) in [5.41, 5.74) is 2.03. The molecule has 115 heavy (non-hydrogen) atoms. The average Bonchev–Trinajstić information content (AvgIpc) is 1.67. The molecule has 14 N–H and O–H groups in total. The zero-order valence-electron chi connectivity index (χ0n) is 68.6. The minimum atomic E-state index is -4.86. The van der Waals surface area contributed by atoms with Crippen LogP contribution in [0.3, 0.4) is 0 Å². The first-order valence-corrected chi connectivity index (χ1v) is 46.8. The molecule has 0 radical (unpaired) electrons. The Balaban J connectivity index is 0.717. The second-order valence-corrected chi connectivity index (χ2v) is 39.0. The molecule has 8 aliphatic rings. The SMILES string of the molecule is COP(O)(=S)OCC1C[C@@H](OP(=O)(O)OCC2C[C@@H](O)CN2C(=O)CCCCCCC(=O)[C@H](CCCCNC(=O)CCCCOC2OC(CO)C(O)C(O)C2O)NC(=O)CCCCOC2OC(CO)C(O)C(O)C2O)CN1C(=O)CCCCCNC(=O)OC1CC[C@@]2(C)C(=CCC3C4CCC(C(C)CCCC(C)C)[C@@]4(C)CCC32)C1. The first-order chi connectivity index (χ1) is 54.7. The molecule has 25 atom stereocenters. The predicted molar refractivity (Wildman–Crippen MR) is 425 cm³/mol. The number of nitrogens with one attached hydrogen (secondary N) is 3. The van der Waals surface area contributed by atoms with Crippen LogP contribution in [0.1, 0.15) is 240 Å². The van der Waals surface area contributed by atoms with E-state index < -0.39 is 138 Å². The van der Waals surface area contributed by atoms with Gasteiger partial charge in [-0.2, -0.15) is 0 Å². The van der Waals surface area contributed by atoms with Crippen LogP contribution in [0.2, 0.25) is 0 Å². The van der Waals surface area contributed by atoms with Gasteiger partial charge in [0.1, 0.15) is 54.9 Å². The van der Waals surface area contributed by atoms with Gasteiger partial charge in [-0.3, -0.25) is 33.0 Å². The van der Waals surface area contributed by atoms with E-state index in [-0.39, 0.29) is 126 Å². The number of unbranched alkanes of at least 4 members (excludes halogenated alkanes) is 8. The third-order valence-corrected chi connectivity index (χ3v) is 28.8. The number of aliphatic hydroxyl groups is 9. The molecule has 0 aromatic carbocycles. The fourth-order valence-electron chi connectivity index (χ4n) is 19.5. The van der Waals surface area contributed by atoms with Crippen LogP contribution in [0.4, 0.5) is 4.79 Å². The summed E-state index contributed by atoms with van der Waals surface area (Å²) in [6.07, 6.45) is 5.55. The third-order valence-electron chi connectivity index (χ3n) is 26.0. The summed E-state index contributed by atoms with van der Waals surface area (Å²) in [5, 5.41) is 98.9. The molecular formula is C80H139N5O27P2S. The van der Waals surface area contributed by atoms with Crippen molar-refractivity contribution in [2.24, 2.45) is 46.3 Å². The molecule has 0 bridgehead atoms. The number of β-amino-alcohol motifs (C(OH)–C–C–N with tert-alkyl or cyclic N) is 1. The fourth-order valence-corrected chi connectivity index (χ4v) is 21.1. The maximum Gasteiger partial charge on any atom is 0.472 e. The summed E-state index contributed by atoms with van der Waals surface area (Å²) >= 11 is 5.06. The fraction of sp³-hybridized carbons (Fsp3) is 0.900. The number of fused-ring (bicyclic) bond motifs is 5. The number of alkyl carbamates (subject to hydrolysis) is 1. The van der Waals surface area contributed by atoms with Crippen molar-refractivity contribution in [2.75, 3.05) is 72.9 Å². The number of carbonyl (C=O) groups is 6. The van der Waals surface area contributed by atoms with Crippen molar-refractivity contribution in [3.8, 4) is 0 Å². The van der Waals surface area contributed by atoms with Gasteiger partial charge < -0.3 is 114 Å². The summed E-state index contributed by atoms with van der Waals surface area (Å²) in [7, 11) is -3.66. The molecule has 0 spiro atoms. The molecule has 0 aromatic rings. The quantitative estimate of drug-likeness (QED) is 0.0181. The first kappa shape index (κ1) is 97.1. The van der Waals surface area contributed by atoms with Gasteiger partial charge in [0.15, 0.2) is 18.4 Å². The van der Waals surface area contributed by atoms with Crippen molar-refractivity contribution in [1.29, 1.82) is 0 Å². The highest BCUT2D eigenvalue weighted by Gasteiger charge is 2.60. The molecule has 35 heteroatoms. The van der Waals surface area contributed by atoms with Gasteiger partial charge in [-0.25, -0.2) is 9.36 Å². The lowest BCUT2D eigenvalue weighted by Gasteiger charge is -2.58. The van der Waals surface area contributed by atoms with Crippen molar-refractivity contribution in [3.05, 3.63) is 11.6 Å². The highest BCUT2D eigenvalue weighted by Crippen LogP contribution is 2.67. The Kier molecular flexibility index (Phi) is 39.5. The molecule has 5 amide bonds. The van der Waals surface area contributed by atoms with E-state index in [0.29, 0.717) is 101 Å². The van der Waals surface area contributed by atoms with Gasteiger partial charge >= 0.3 is 20.6 Å². The number of rotatable bonds is 49. The van der Waals surface area contributed by atoms with Crippen molar-refractivity contribution < 1.29 is 131 Å². The molecule has 4 aliphatic heterocycles. The number of aliphatic hydroxyl groups excluding tert-OH is 9. The molecule has 4 saturated heterocycles. The number of phosphoric ester groups is 1. The topological polar surface area (TPSA) is 468 Å². The van der Waals surface area contributed by atoms with Gasteiger partial charge in [0.05, 0.1) is 56.8 Å².